The van der Waals surface area contributed by atoms with E-state index in [0.717, 1.165) is 24.2 Å². The molecule has 2 rings (SSSR count). The summed E-state index contributed by atoms with van der Waals surface area (Å²) in [7, 11) is 1.62. The highest BCUT2D eigenvalue weighted by atomic mass is 16.5. The molecule has 4 nitrogen and oxygen atoms in total. The maximum Gasteiger partial charge on any atom is 0.230 e. The molecular formula is C15H19NO3. The first-order valence-corrected chi connectivity index (χ1v) is 6.63. The van der Waals surface area contributed by atoms with E-state index in [9.17, 15) is 9.59 Å². The van der Waals surface area contributed by atoms with Crippen LogP contribution in [-0.2, 0) is 9.59 Å². The lowest BCUT2D eigenvalue weighted by atomic mass is 9.78. The van der Waals surface area contributed by atoms with Gasteiger partial charge in [0.2, 0.25) is 11.8 Å². The van der Waals surface area contributed by atoms with Crippen molar-refractivity contribution in [3.8, 4) is 5.75 Å². The molecule has 102 valence electrons. The van der Waals surface area contributed by atoms with Crippen molar-refractivity contribution in [3.05, 3.63) is 29.8 Å². The molecule has 2 unspecified atom stereocenters. The van der Waals surface area contributed by atoms with Gasteiger partial charge in [-0.15, -0.1) is 0 Å². The van der Waals surface area contributed by atoms with Crippen LogP contribution in [0.2, 0.25) is 0 Å². The summed E-state index contributed by atoms with van der Waals surface area (Å²) in [5.41, 5.74) is 1.03. The largest absolute Gasteiger partial charge is 0.497 e. The molecule has 0 aromatic heterocycles. The Morgan fingerprint density at radius 1 is 1.26 bits per heavy atom. The number of piperidine rings is 1. The maximum atomic E-state index is 11.9. The summed E-state index contributed by atoms with van der Waals surface area (Å²) in [4.78, 5) is 23.5. The van der Waals surface area contributed by atoms with Crippen molar-refractivity contribution in [3.63, 3.8) is 0 Å². The van der Waals surface area contributed by atoms with Crippen molar-refractivity contribution < 1.29 is 14.3 Å². The molecule has 2 amide bonds. The number of amides is 2. The molecule has 1 aromatic rings. The highest BCUT2D eigenvalue weighted by Gasteiger charge is 2.35. The molecule has 0 radical (unpaired) electrons. The minimum atomic E-state index is -0.182. The van der Waals surface area contributed by atoms with Gasteiger partial charge in [-0.05, 0) is 24.1 Å². The molecule has 2 atom stereocenters. The molecule has 0 spiro atoms. The van der Waals surface area contributed by atoms with Gasteiger partial charge in [-0.2, -0.15) is 0 Å². The molecule has 0 aliphatic carbocycles. The van der Waals surface area contributed by atoms with Gasteiger partial charge < -0.3 is 4.74 Å². The summed E-state index contributed by atoms with van der Waals surface area (Å²) in [6.07, 6.45) is 2.11. The summed E-state index contributed by atoms with van der Waals surface area (Å²) in [6, 6.07) is 7.63. The number of methoxy groups -OCH3 is 1. The normalized spacial score (nSPS) is 23.1. The van der Waals surface area contributed by atoms with Crippen LogP contribution >= 0.6 is 0 Å². The average Bonchev–Trinajstić information content (AvgIpc) is 2.42. The van der Waals surface area contributed by atoms with Crippen LogP contribution < -0.4 is 10.1 Å². The lowest BCUT2D eigenvalue weighted by molar-refractivity contribution is -0.137. The van der Waals surface area contributed by atoms with Crippen molar-refractivity contribution in [2.75, 3.05) is 7.11 Å². The molecule has 1 aliphatic rings. The summed E-state index contributed by atoms with van der Waals surface area (Å²) in [6.45, 7) is 2.05. The van der Waals surface area contributed by atoms with Crippen molar-refractivity contribution in [2.24, 2.45) is 5.92 Å². The fourth-order valence-corrected chi connectivity index (χ4v) is 2.65. The van der Waals surface area contributed by atoms with Crippen molar-refractivity contribution >= 4 is 11.8 Å². The molecule has 0 saturated carbocycles. The van der Waals surface area contributed by atoms with E-state index in [2.05, 4.69) is 12.2 Å². The first-order valence-electron chi connectivity index (χ1n) is 6.63. The molecule has 1 saturated heterocycles. The number of imide groups is 1. The quantitative estimate of drug-likeness (QED) is 0.846. The fourth-order valence-electron chi connectivity index (χ4n) is 2.65. The number of nitrogens with one attached hydrogen (secondary N) is 1. The summed E-state index contributed by atoms with van der Waals surface area (Å²) in [5.74, 6) is 0.322. The second-order valence-electron chi connectivity index (χ2n) is 4.89. The predicted molar refractivity (Wildman–Crippen MR) is 71.9 cm³/mol. The van der Waals surface area contributed by atoms with Gasteiger partial charge in [-0.25, -0.2) is 0 Å². The third kappa shape index (κ3) is 2.95. The van der Waals surface area contributed by atoms with Gasteiger partial charge in [0.05, 0.1) is 7.11 Å². The summed E-state index contributed by atoms with van der Waals surface area (Å²) >= 11 is 0. The second kappa shape index (κ2) is 5.87. The van der Waals surface area contributed by atoms with Gasteiger partial charge in [0.25, 0.3) is 0 Å². The Labute approximate surface area is 113 Å². The number of rotatable bonds is 4. The predicted octanol–water partition coefficient (Wildman–Crippen LogP) is 2.24. The van der Waals surface area contributed by atoms with E-state index >= 15 is 0 Å². The number of carbonyl (C=O) groups excluding carboxylic acids is 2. The molecular weight excluding hydrogens is 242 g/mol. The lowest BCUT2D eigenvalue weighted by Crippen LogP contribution is -2.44. The molecule has 1 aromatic carbocycles. The van der Waals surface area contributed by atoms with Crippen LogP contribution in [0.1, 0.15) is 37.7 Å². The van der Waals surface area contributed by atoms with E-state index in [0.29, 0.717) is 6.42 Å². The zero-order chi connectivity index (χ0) is 13.8. The van der Waals surface area contributed by atoms with Gasteiger partial charge in [-0.1, -0.05) is 25.5 Å². The van der Waals surface area contributed by atoms with Crippen LogP contribution in [0.5, 0.6) is 5.75 Å². The zero-order valence-electron chi connectivity index (χ0n) is 11.3. The molecule has 19 heavy (non-hydrogen) atoms. The number of hydrogen-bond donors (Lipinski definition) is 1. The number of hydrogen-bond acceptors (Lipinski definition) is 3. The highest BCUT2D eigenvalue weighted by molar-refractivity contribution is 5.99. The molecule has 0 bridgehead atoms. The van der Waals surface area contributed by atoms with Crippen LogP contribution in [0.15, 0.2) is 24.3 Å². The SMILES string of the molecule is CCCC1C(=O)NC(=O)CC1c1ccc(OC)cc1. The Balaban J connectivity index is 2.26. The zero-order valence-corrected chi connectivity index (χ0v) is 11.3. The van der Waals surface area contributed by atoms with E-state index in [1.165, 1.54) is 0 Å². The van der Waals surface area contributed by atoms with Crippen LogP contribution in [-0.4, -0.2) is 18.9 Å². The Morgan fingerprint density at radius 3 is 2.53 bits per heavy atom. The van der Waals surface area contributed by atoms with Crippen LogP contribution in [0.3, 0.4) is 0 Å². The molecule has 4 heteroatoms. The van der Waals surface area contributed by atoms with Gasteiger partial charge in [0, 0.05) is 18.3 Å². The Hall–Kier alpha value is -1.84. The van der Waals surface area contributed by atoms with E-state index in [1.54, 1.807) is 7.11 Å². The fraction of sp³-hybridized carbons (Fsp3) is 0.467. The minimum Gasteiger partial charge on any atom is -0.497 e. The number of benzene rings is 1. The summed E-state index contributed by atoms with van der Waals surface area (Å²) in [5, 5.41) is 2.43. The maximum absolute atomic E-state index is 11.9. The standard InChI is InChI=1S/C15H19NO3/c1-3-4-12-13(9-14(17)16-15(12)18)10-5-7-11(19-2)8-6-10/h5-8,12-13H,3-4,9H2,1-2H3,(H,16,17,18). The molecule has 1 fully saturated rings. The van der Waals surface area contributed by atoms with Gasteiger partial charge in [0.15, 0.2) is 0 Å². The Morgan fingerprint density at radius 2 is 1.95 bits per heavy atom. The van der Waals surface area contributed by atoms with Crippen molar-refractivity contribution in [2.45, 2.75) is 32.1 Å². The highest BCUT2D eigenvalue weighted by Crippen LogP contribution is 2.34. The Bertz CT molecular complexity index is 467. The molecule has 1 aliphatic heterocycles. The summed E-state index contributed by atoms with van der Waals surface area (Å²) < 4.78 is 5.13. The molecule has 1 heterocycles. The first-order chi connectivity index (χ1) is 9.15. The van der Waals surface area contributed by atoms with Gasteiger partial charge in [0.1, 0.15) is 5.75 Å². The van der Waals surface area contributed by atoms with Gasteiger partial charge in [-0.3, -0.25) is 14.9 Å². The van der Waals surface area contributed by atoms with E-state index in [1.807, 2.05) is 24.3 Å². The van der Waals surface area contributed by atoms with Crippen LogP contribution in [0.4, 0.5) is 0 Å². The van der Waals surface area contributed by atoms with Crippen LogP contribution in [0, 0.1) is 5.92 Å². The van der Waals surface area contributed by atoms with E-state index in [4.69, 9.17) is 4.74 Å². The van der Waals surface area contributed by atoms with E-state index in [-0.39, 0.29) is 23.7 Å². The number of ether oxygens (including phenoxy) is 1. The first kappa shape index (κ1) is 13.6. The smallest absolute Gasteiger partial charge is 0.230 e. The third-order valence-corrected chi connectivity index (χ3v) is 3.63. The Kier molecular flexibility index (Phi) is 4.20. The monoisotopic (exact) mass is 261 g/mol. The third-order valence-electron chi connectivity index (χ3n) is 3.63. The molecule has 1 N–H and O–H groups in total. The second-order valence-corrected chi connectivity index (χ2v) is 4.89. The number of carbonyl (C=O) groups is 2. The average molecular weight is 261 g/mol. The van der Waals surface area contributed by atoms with Crippen molar-refractivity contribution in [1.82, 2.24) is 5.32 Å². The lowest BCUT2D eigenvalue weighted by Gasteiger charge is -2.30. The topological polar surface area (TPSA) is 55.4 Å². The minimum absolute atomic E-state index is 0.0212. The van der Waals surface area contributed by atoms with Gasteiger partial charge >= 0.3 is 0 Å². The van der Waals surface area contributed by atoms with Crippen molar-refractivity contribution in [1.29, 1.82) is 0 Å². The van der Waals surface area contributed by atoms with Crippen LogP contribution in [0.25, 0.3) is 0 Å². The van der Waals surface area contributed by atoms with E-state index < -0.39 is 0 Å².